The molecule has 5 heteroatoms. The predicted molar refractivity (Wildman–Crippen MR) is 70.3 cm³/mol. The summed E-state index contributed by atoms with van der Waals surface area (Å²) >= 11 is 0. The topological polar surface area (TPSA) is 72.2 Å². The lowest BCUT2D eigenvalue weighted by Gasteiger charge is -2.20. The van der Waals surface area contributed by atoms with Crippen molar-refractivity contribution in [2.75, 3.05) is 5.73 Å². The van der Waals surface area contributed by atoms with Gasteiger partial charge in [-0.25, -0.2) is 13.1 Å². The second-order valence-electron chi connectivity index (χ2n) is 5.07. The predicted octanol–water partition coefficient (Wildman–Crippen LogP) is 1.91. The van der Waals surface area contributed by atoms with Gasteiger partial charge in [-0.15, -0.1) is 0 Å². The average Bonchev–Trinajstić information content (AvgIpc) is 2.13. The van der Waals surface area contributed by atoms with Gasteiger partial charge in [0.15, 0.2) is 0 Å². The molecule has 0 unspecified atom stereocenters. The fourth-order valence-corrected chi connectivity index (χ4v) is 2.98. The lowest BCUT2D eigenvalue weighted by atomic mass is 10.1. The van der Waals surface area contributed by atoms with Gasteiger partial charge in [-0.2, -0.15) is 0 Å². The summed E-state index contributed by atoms with van der Waals surface area (Å²) in [5, 5.41) is 0. The Morgan fingerprint density at radius 1 is 1.29 bits per heavy atom. The number of nitrogens with two attached hydrogens (primary N) is 1. The van der Waals surface area contributed by atoms with Gasteiger partial charge in [0.1, 0.15) is 0 Å². The maximum Gasteiger partial charge on any atom is 0.241 e. The van der Waals surface area contributed by atoms with Gasteiger partial charge in [0.25, 0.3) is 0 Å². The average molecular weight is 256 g/mol. The van der Waals surface area contributed by atoms with Crippen LogP contribution in [0.5, 0.6) is 0 Å². The quantitative estimate of drug-likeness (QED) is 0.811. The molecule has 17 heavy (non-hydrogen) atoms. The minimum Gasteiger partial charge on any atom is -0.398 e. The van der Waals surface area contributed by atoms with Crippen LogP contribution in [-0.4, -0.2) is 14.0 Å². The molecule has 96 valence electrons. The highest BCUT2D eigenvalue weighted by molar-refractivity contribution is 7.89. The van der Waals surface area contributed by atoms with Crippen LogP contribution in [-0.2, 0) is 16.4 Å². The molecule has 1 rings (SSSR count). The third-order valence-electron chi connectivity index (χ3n) is 2.25. The Morgan fingerprint density at radius 3 is 2.29 bits per heavy atom. The Kier molecular flexibility index (Phi) is 3.84. The van der Waals surface area contributed by atoms with Crippen LogP contribution in [0.15, 0.2) is 23.1 Å². The van der Waals surface area contributed by atoms with E-state index in [1.807, 2.05) is 6.92 Å². The van der Waals surface area contributed by atoms with Crippen molar-refractivity contribution in [2.24, 2.45) is 0 Å². The molecule has 1 aromatic rings. The fourth-order valence-electron chi connectivity index (χ4n) is 1.52. The molecule has 4 nitrogen and oxygen atoms in total. The first-order chi connectivity index (χ1) is 7.65. The number of sulfonamides is 1. The molecular weight excluding hydrogens is 236 g/mol. The van der Waals surface area contributed by atoms with Gasteiger partial charge in [-0.05, 0) is 44.9 Å². The van der Waals surface area contributed by atoms with Crippen LogP contribution in [0.25, 0.3) is 0 Å². The molecule has 1 aromatic carbocycles. The van der Waals surface area contributed by atoms with Gasteiger partial charge in [0, 0.05) is 11.2 Å². The second kappa shape index (κ2) is 4.66. The molecule has 0 saturated carbocycles. The van der Waals surface area contributed by atoms with Gasteiger partial charge < -0.3 is 5.73 Å². The zero-order valence-corrected chi connectivity index (χ0v) is 11.6. The minimum atomic E-state index is -3.50. The number of hydrogen-bond acceptors (Lipinski definition) is 3. The first-order valence-electron chi connectivity index (χ1n) is 5.58. The van der Waals surface area contributed by atoms with Crippen molar-refractivity contribution < 1.29 is 8.42 Å². The summed E-state index contributed by atoms with van der Waals surface area (Å²) < 4.78 is 26.7. The van der Waals surface area contributed by atoms with Crippen LogP contribution in [0.2, 0.25) is 0 Å². The summed E-state index contributed by atoms with van der Waals surface area (Å²) in [5.74, 6) is 0. The van der Waals surface area contributed by atoms with Crippen LogP contribution < -0.4 is 10.5 Å². The van der Waals surface area contributed by atoms with E-state index in [-0.39, 0.29) is 4.90 Å². The molecule has 0 aromatic heterocycles. The van der Waals surface area contributed by atoms with Crippen molar-refractivity contribution in [3.05, 3.63) is 23.8 Å². The van der Waals surface area contributed by atoms with Crippen molar-refractivity contribution in [2.45, 2.75) is 44.6 Å². The normalized spacial score (nSPS) is 12.7. The lowest BCUT2D eigenvalue weighted by Crippen LogP contribution is -2.40. The summed E-state index contributed by atoms with van der Waals surface area (Å²) in [7, 11) is -3.50. The van der Waals surface area contributed by atoms with Crippen LogP contribution in [0.4, 0.5) is 5.69 Å². The molecule has 0 aliphatic heterocycles. The summed E-state index contributed by atoms with van der Waals surface area (Å²) in [6.45, 7) is 7.38. The first-order valence-corrected chi connectivity index (χ1v) is 7.06. The maximum absolute atomic E-state index is 12.0. The Hall–Kier alpha value is -1.07. The van der Waals surface area contributed by atoms with Gasteiger partial charge in [0.05, 0.1) is 4.90 Å². The first kappa shape index (κ1) is 14.0. The fraction of sp³-hybridized carbons (Fsp3) is 0.500. The van der Waals surface area contributed by atoms with Crippen LogP contribution in [0.1, 0.15) is 33.3 Å². The Labute approximate surface area is 103 Å². The second-order valence-corrected chi connectivity index (χ2v) is 6.75. The van der Waals surface area contributed by atoms with Crippen molar-refractivity contribution in [1.29, 1.82) is 0 Å². The van der Waals surface area contributed by atoms with Crippen molar-refractivity contribution >= 4 is 15.7 Å². The molecule has 0 amide bonds. The third-order valence-corrected chi connectivity index (χ3v) is 4.00. The van der Waals surface area contributed by atoms with E-state index in [1.54, 1.807) is 32.9 Å². The number of benzene rings is 1. The Balaban J connectivity index is 3.13. The van der Waals surface area contributed by atoms with Crippen LogP contribution >= 0.6 is 0 Å². The molecule has 0 heterocycles. The monoisotopic (exact) mass is 256 g/mol. The SMILES string of the molecule is CCc1ccc(S(=O)(=O)NC(C)(C)C)cc1N. The standard InChI is InChI=1S/C12H20N2O2S/c1-5-9-6-7-10(8-11(9)13)17(15,16)14-12(2,3)4/h6-8,14H,5,13H2,1-4H3. The smallest absolute Gasteiger partial charge is 0.241 e. The number of aryl methyl sites for hydroxylation is 1. The molecule has 0 fully saturated rings. The van der Waals surface area contributed by atoms with E-state index < -0.39 is 15.6 Å². The van der Waals surface area contributed by atoms with Crippen molar-refractivity contribution in [3.63, 3.8) is 0 Å². The van der Waals surface area contributed by atoms with Gasteiger partial charge in [-0.3, -0.25) is 0 Å². The summed E-state index contributed by atoms with van der Waals surface area (Å²) in [5.41, 5.74) is 6.77. The van der Waals surface area contributed by atoms with Crippen molar-refractivity contribution in [1.82, 2.24) is 4.72 Å². The highest BCUT2D eigenvalue weighted by Crippen LogP contribution is 2.19. The Bertz CT molecular complexity index is 502. The summed E-state index contributed by atoms with van der Waals surface area (Å²) in [6, 6.07) is 4.85. The maximum atomic E-state index is 12.0. The zero-order chi connectivity index (χ0) is 13.3. The Morgan fingerprint density at radius 2 is 1.88 bits per heavy atom. The largest absolute Gasteiger partial charge is 0.398 e. The molecule has 3 N–H and O–H groups in total. The summed E-state index contributed by atoms with van der Waals surface area (Å²) in [4.78, 5) is 0.210. The van der Waals surface area contributed by atoms with Crippen molar-refractivity contribution in [3.8, 4) is 0 Å². The van der Waals surface area contributed by atoms with Gasteiger partial charge in [0.2, 0.25) is 10.0 Å². The molecule has 0 bridgehead atoms. The molecule has 0 saturated heterocycles. The molecule has 0 atom stereocenters. The highest BCUT2D eigenvalue weighted by atomic mass is 32.2. The number of anilines is 1. The number of nitrogen functional groups attached to an aromatic ring is 1. The van der Waals surface area contributed by atoms with Crippen LogP contribution in [0.3, 0.4) is 0 Å². The van der Waals surface area contributed by atoms with E-state index in [4.69, 9.17) is 5.73 Å². The van der Waals surface area contributed by atoms with E-state index >= 15 is 0 Å². The third kappa shape index (κ3) is 3.71. The molecular formula is C12H20N2O2S. The lowest BCUT2D eigenvalue weighted by molar-refractivity contribution is 0.491. The molecule has 0 spiro atoms. The minimum absolute atomic E-state index is 0.210. The molecule has 0 radical (unpaired) electrons. The highest BCUT2D eigenvalue weighted by Gasteiger charge is 2.22. The van der Waals surface area contributed by atoms with E-state index in [1.165, 1.54) is 6.07 Å². The molecule has 0 aliphatic carbocycles. The summed E-state index contributed by atoms with van der Waals surface area (Å²) in [6.07, 6.45) is 0.791. The van der Waals surface area contributed by atoms with Crippen LogP contribution in [0, 0.1) is 0 Å². The van der Waals surface area contributed by atoms with E-state index in [2.05, 4.69) is 4.72 Å². The number of rotatable bonds is 3. The van der Waals surface area contributed by atoms with Gasteiger partial charge >= 0.3 is 0 Å². The van der Waals surface area contributed by atoms with Gasteiger partial charge in [-0.1, -0.05) is 13.0 Å². The molecule has 0 aliphatic rings. The van der Waals surface area contributed by atoms with E-state index in [0.717, 1.165) is 12.0 Å². The van der Waals surface area contributed by atoms with E-state index in [9.17, 15) is 8.42 Å². The number of nitrogens with one attached hydrogen (secondary N) is 1. The zero-order valence-electron chi connectivity index (χ0n) is 10.7. The van der Waals surface area contributed by atoms with E-state index in [0.29, 0.717) is 5.69 Å². The number of hydrogen-bond donors (Lipinski definition) is 2.